The summed E-state index contributed by atoms with van der Waals surface area (Å²) in [5.74, 6) is -2.23. The minimum atomic E-state index is -1.30. The zero-order valence-corrected chi connectivity index (χ0v) is 10.8. The van der Waals surface area contributed by atoms with Crippen LogP contribution in [0.2, 0.25) is 0 Å². The van der Waals surface area contributed by atoms with Gasteiger partial charge in [0.15, 0.2) is 0 Å². The van der Waals surface area contributed by atoms with E-state index in [1.54, 1.807) is 4.90 Å². The van der Waals surface area contributed by atoms with Crippen molar-refractivity contribution in [3.63, 3.8) is 0 Å². The van der Waals surface area contributed by atoms with Crippen LogP contribution in [0.5, 0.6) is 0 Å². The smallest absolute Gasteiger partial charge is 0.339 e. The number of rotatable bonds is 6. The normalized spacial score (nSPS) is 10.1. The van der Waals surface area contributed by atoms with Crippen molar-refractivity contribution in [1.82, 2.24) is 9.88 Å². The average molecular weight is 269 g/mol. The summed E-state index contributed by atoms with van der Waals surface area (Å²) in [6.07, 6.45) is 0.899. The lowest BCUT2D eigenvalue weighted by Gasteiger charge is -2.19. The molecule has 1 amide bonds. The SMILES string of the molecule is CCN(CC)C(=O)CNc1ncc(F)cc1C(=O)O. The van der Waals surface area contributed by atoms with Crippen molar-refractivity contribution >= 4 is 17.7 Å². The van der Waals surface area contributed by atoms with Gasteiger partial charge >= 0.3 is 5.97 Å². The number of carbonyl (C=O) groups is 2. The topological polar surface area (TPSA) is 82.5 Å². The van der Waals surface area contributed by atoms with Crippen molar-refractivity contribution in [2.45, 2.75) is 13.8 Å². The maximum absolute atomic E-state index is 12.9. The first-order valence-corrected chi connectivity index (χ1v) is 5.90. The average Bonchev–Trinajstić information content (AvgIpc) is 2.38. The van der Waals surface area contributed by atoms with Crippen molar-refractivity contribution in [3.05, 3.63) is 23.6 Å². The monoisotopic (exact) mass is 269 g/mol. The number of nitrogens with one attached hydrogen (secondary N) is 1. The number of amides is 1. The van der Waals surface area contributed by atoms with Crippen LogP contribution >= 0.6 is 0 Å². The number of halogens is 1. The number of anilines is 1. The molecule has 104 valence electrons. The van der Waals surface area contributed by atoms with Gasteiger partial charge in [0.1, 0.15) is 17.2 Å². The number of carboxylic acids is 1. The third kappa shape index (κ3) is 3.90. The first-order chi connectivity index (χ1) is 8.99. The molecular weight excluding hydrogens is 253 g/mol. The summed E-state index contributed by atoms with van der Waals surface area (Å²) in [7, 11) is 0. The van der Waals surface area contributed by atoms with Crippen LogP contribution in [0.1, 0.15) is 24.2 Å². The van der Waals surface area contributed by atoms with Gasteiger partial charge in [0.05, 0.1) is 12.7 Å². The Labute approximate surface area is 110 Å². The van der Waals surface area contributed by atoms with Crippen LogP contribution in [0.15, 0.2) is 12.3 Å². The molecule has 1 aromatic heterocycles. The van der Waals surface area contributed by atoms with E-state index in [-0.39, 0.29) is 23.8 Å². The van der Waals surface area contributed by atoms with Crippen molar-refractivity contribution < 1.29 is 19.1 Å². The molecule has 0 atom stereocenters. The maximum Gasteiger partial charge on any atom is 0.339 e. The predicted octanol–water partition coefficient (Wildman–Crippen LogP) is 1.20. The highest BCUT2D eigenvalue weighted by molar-refractivity contribution is 5.93. The number of carboxylic acid groups (broad SMARTS) is 1. The highest BCUT2D eigenvalue weighted by Crippen LogP contribution is 2.13. The number of nitrogens with zero attached hydrogens (tertiary/aromatic N) is 2. The first kappa shape index (κ1) is 14.9. The summed E-state index contributed by atoms with van der Waals surface area (Å²) >= 11 is 0. The Morgan fingerprint density at radius 3 is 2.58 bits per heavy atom. The van der Waals surface area contributed by atoms with E-state index in [2.05, 4.69) is 10.3 Å². The van der Waals surface area contributed by atoms with E-state index < -0.39 is 11.8 Å². The predicted molar refractivity (Wildman–Crippen MR) is 67.6 cm³/mol. The highest BCUT2D eigenvalue weighted by atomic mass is 19.1. The summed E-state index contributed by atoms with van der Waals surface area (Å²) in [5.41, 5.74) is -0.299. The summed E-state index contributed by atoms with van der Waals surface area (Å²) in [6, 6.07) is 0.861. The number of hydrogen-bond acceptors (Lipinski definition) is 4. The van der Waals surface area contributed by atoms with E-state index in [0.29, 0.717) is 13.1 Å². The van der Waals surface area contributed by atoms with Gasteiger partial charge < -0.3 is 15.3 Å². The molecule has 2 N–H and O–H groups in total. The van der Waals surface area contributed by atoms with Gasteiger partial charge in [-0.15, -0.1) is 0 Å². The molecule has 0 saturated heterocycles. The summed E-state index contributed by atoms with van der Waals surface area (Å²) in [5, 5.41) is 11.5. The van der Waals surface area contributed by atoms with Gasteiger partial charge in [-0.05, 0) is 19.9 Å². The molecule has 0 aliphatic rings. The van der Waals surface area contributed by atoms with Crippen molar-refractivity contribution in [2.24, 2.45) is 0 Å². The van der Waals surface area contributed by atoms with Crippen molar-refractivity contribution in [3.8, 4) is 0 Å². The Bertz CT molecular complexity index is 475. The molecule has 1 heterocycles. The molecule has 1 rings (SSSR count). The number of pyridine rings is 1. The molecule has 0 spiro atoms. The molecule has 0 fully saturated rings. The summed E-state index contributed by atoms with van der Waals surface area (Å²) in [4.78, 5) is 27.9. The van der Waals surface area contributed by atoms with Crippen LogP contribution in [0, 0.1) is 5.82 Å². The van der Waals surface area contributed by atoms with Crippen molar-refractivity contribution in [2.75, 3.05) is 25.0 Å². The Kier molecular flexibility index (Phi) is 5.23. The van der Waals surface area contributed by atoms with Gasteiger partial charge in [-0.3, -0.25) is 4.79 Å². The number of likely N-dealkylation sites (N-methyl/N-ethyl adjacent to an activating group) is 1. The molecule has 0 unspecified atom stereocenters. The van der Waals surface area contributed by atoms with Gasteiger partial charge in [0.25, 0.3) is 0 Å². The zero-order valence-electron chi connectivity index (χ0n) is 10.8. The second kappa shape index (κ2) is 6.67. The molecule has 0 aliphatic heterocycles. The van der Waals surface area contributed by atoms with E-state index in [4.69, 9.17) is 5.11 Å². The standard InChI is InChI=1S/C12H16FN3O3/c1-3-16(4-2)10(17)7-15-11-9(12(18)19)5-8(13)6-14-11/h5-6H,3-4,7H2,1-2H3,(H,14,15)(H,18,19). The molecule has 7 heteroatoms. The third-order valence-corrected chi connectivity index (χ3v) is 2.61. The number of carbonyl (C=O) groups excluding carboxylic acids is 1. The van der Waals surface area contributed by atoms with Crippen LogP contribution in [-0.2, 0) is 4.79 Å². The molecule has 1 aromatic rings. The highest BCUT2D eigenvalue weighted by Gasteiger charge is 2.15. The molecule has 6 nitrogen and oxygen atoms in total. The van der Waals surface area contributed by atoms with E-state index >= 15 is 0 Å². The Balaban J connectivity index is 2.78. The summed E-state index contributed by atoms with van der Waals surface area (Å²) in [6.45, 7) is 4.75. The molecule has 0 radical (unpaired) electrons. The van der Waals surface area contributed by atoms with Crippen LogP contribution in [0.4, 0.5) is 10.2 Å². The largest absolute Gasteiger partial charge is 0.478 e. The minimum absolute atomic E-state index is 0.0191. The Morgan fingerprint density at radius 1 is 1.42 bits per heavy atom. The summed E-state index contributed by atoms with van der Waals surface area (Å²) < 4.78 is 12.9. The fourth-order valence-electron chi connectivity index (χ4n) is 1.59. The van der Waals surface area contributed by atoms with Gasteiger partial charge in [0.2, 0.25) is 5.91 Å². The molecule has 19 heavy (non-hydrogen) atoms. The van der Waals surface area contributed by atoms with Crippen LogP contribution in [0.3, 0.4) is 0 Å². The Hall–Kier alpha value is -2.18. The molecule has 0 aliphatic carbocycles. The van der Waals surface area contributed by atoms with E-state index in [9.17, 15) is 14.0 Å². The number of hydrogen-bond donors (Lipinski definition) is 2. The Morgan fingerprint density at radius 2 is 2.05 bits per heavy atom. The van der Waals surface area contributed by atoms with E-state index in [0.717, 1.165) is 12.3 Å². The lowest BCUT2D eigenvalue weighted by atomic mass is 10.2. The van der Waals surface area contributed by atoms with Crippen LogP contribution in [-0.4, -0.2) is 46.5 Å². The molecule has 0 saturated carbocycles. The van der Waals surface area contributed by atoms with Gasteiger partial charge in [-0.2, -0.15) is 0 Å². The fourth-order valence-corrected chi connectivity index (χ4v) is 1.59. The minimum Gasteiger partial charge on any atom is -0.478 e. The second-order valence-corrected chi connectivity index (χ2v) is 3.77. The first-order valence-electron chi connectivity index (χ1n) is 5.90. The molecule has 0 aromatic carbocycles. The van der Waals surface area contributed by atoms with Crippen LogP contribution < -0.4 is 5.32 Å². The number of aromatic carboxylic acids is 1. The lowest BCUT2D eigenvalue weighted by Crippen LogP contribution is -2.35. The van der Waals surface area contributed by atoms with Crippen LogP contribution in [0.25, 0.3) is 0 Å². The lowest BCUT2D eigenvalue weighted by molar-refractivity contribution is -0.128. The van der Waals surface area contributed by atoms with E-state index in [1.165, 1.54) is 0 Å². The van der Waals surface area contributed by atoms with Gasteiger partial charge in [0, 0.05) is 13.1 Å². The maximum atomic E-state index is 12.9. The zero-order chi connectivity index (χ0) is 14.4. The number of aromatic nitrogens is 1. The quantitative estimate of drug-likeness (QED) is 0.810. The molecular formula is C12H16FN3O3. The van der Waals surface area contributed by atoms with Gasteiger partial charge in [-0.25, -0.2) is 14.2 Å². The van der Waals surface area contributed by atoms with Gasteiger partial charge in [-0.1, -0.05) is 0 Å². The third-order valence-electron chi connectivity index (χ3n) is 2.61. The second-order valence-electron chi connectivity index (χ2n) is 3.77. The molecule has 0 bridgehead atoms. The van der Waals surface area contributed by atoms with Crippen molar-refractivity contribution in [1.29, 1.82) is 0 Å². The van der Waals surface area contributed by atoms with E-state index in [1.807, 2.05) is 13.8 Å². The fraction of sp³-hybridized carbons (Fsp3) is 0.417.